The third-order valence-corrected chi connectivity index (χ3v) is 5.38. The van der Waals surface area contributed by atoms with Gasteiger partial charge in [-0.3, -0.25) is 0 Å². The van der Waals surface area contributed by atoms with Crippen molar-refractivity contribution < 1.29 is 17.9 Å². The highest BCUT2D eigenvalue weighted by atomic mass is 32.2. The van der Waals surface area contributed by atoms with Crippen molar-refractivity contribution in [2.75, 3.05) is 11.9 Å². The van der Waals surface area contributed by atoms with E-state index in [4.69, 9.17) is 9.88 Å². The van der Waals surface area contributed by atoms with Crippen LogP contribution in [0.15, 0.2) is 47.4 Å². The molecule has 2 aromatic carbocycles. The Morgan fingerprint density at radius 2 is 2.00 bits per heavy atom. The fraction of sp³-hybridized carbons (Fsp3) is 0.278. The summed E-state index contributed by atoms with van der Waals surface area (Å²) in [5.41, 5.74) is 3.02. The molecule has 6 nitrogen and oxygen atoms in total. The lowest BCUT2D eigenvalue weighted by Gasteiger charge is -2.19. The van der Waals surface area contributed by atoms with Crippen molar-refractivity contribution in [2.24, 2.45) is 5.14 Å². The molecule has 0 aromatic heterocycles. The minimum Gasteiger partial charge on any atom is -0.457 e. The molecular formula is C18H20N2O4S. The van der Waals surface area contributed by atoms with Crippen molar-refractivity contribution in [2.45, 2.75) is 30.8 Å². The van der Waals surface area contributed by atoms with Crippen LogP contribution in [-0.2, 0) is 21.4 Å². The van der Waals surface area contributed by atoms with Gasteiger partial charge in [0.25, 0.3) is 0 Å². The van der Waals surface area contributed by atoms with E-state index in [0.717, 1.165) is 17.7 Å². The summed E-state index contributed by atoms with van der Waals surface area (Å²) in [6.07, 6.45) is 0.756. The molecule has 132 valence electrons. The van der Waals surface area contributed by atoms with Crippen molar-refractivity contribution in [1.29, 1.82) is 0 Å². The van der Waals surface area contributed by atoms with Gasteiger partial charge in [0, 0.05) is 23.7 Å². The lowest BCUT2D eigenvalue weighted by atomic mass is 9.96. The number of benzene rings is 2. The van der Waals surface area contributed by atoms with Crippen LogP contribution in [0.2, 0.25) is 0 Å². The number of anilines is 1. The molecule has 0 amide bonds. The average Bonchev–Trinajstić information content (AvgIpc) is 2.96. The smallest absolute Gasteiger partial charge is 0.338 e. The standard InChI is InChI=1S/C18H20N2O4S/c1-2-12(15-5-3-4-6-17(15)25(19,22)23)10-20-14-7-8-16-13(9-14)11-24-18(16)21/h3-9,12,20H,2,10-11H2,1H3,(H2,19,22,23)/t12-/m1/s1. The summed E-state index contributed by atoms with van der Waals surface area (Å²) in [6, 6.07) is 12.3. The summed E-state index contributed by atoms with van der Waals surface area (Å²) in [6.45, 7) is 2.84. The molecule has 3 N–H and O–H groups in total. The normalized spacial score (nSPS) is 14.7. The molecule has 0 aliphatic carbocycles. The van der Waals surface area contributed by atoms with Crippen LogP contribution in [0, 0.1) is 0 Å². The van der Waals surface area contributed by atoms with Crippen LogP contribution >= 0.6 is 0 Å². The quantitative estimate of drug-likeness (QED) is 0.772. The van der Waals surface area contributed by atoms with E-state index in [9.17, 15) is 13.2 Å². The molecule has 1 aliphatic rings. The summed E-state index contributed by atoms with van der Waals surface area (Å²) in [5, 5.41) is 8.65. The minimum absolute atomic E-state index is 0.0133. The Balaban J connectivity index is 1.79. The van der Waals surface area contributed by atoms with Crippen LogP contribution in [0.5, 0.6) is 0 Å². The lowest BCUT2D eigenvalue weighted by Crippen LogP contribution is -2.19. The Labute approximate surface area is 147 Å². The van der Waals surface area contributed by atoms with Gasteiger partial charge in [-0.25, -0.2) is 18.4 Å². The monoisotopic (exact) mass is 360 g/mol. The number of ether oxygens (including phenoxy) is 1. The molecule has 0 fully saturated rings. The second kappa shape index (κ2) is 6.85. The number of hydrogen-bond donors (Lipinski definition) is 2. The van der Waals surface area contributed by atoms with E-state index < -0.39 is 10.0 Å². The molecule has 0 saturated carbocycles. The highest BCUT2D eigenvalue weighted by molar-refractivity contribution is 7.89. The first-order valence-electron chi connectivity index (χ1n) is 8.05. The van der Waals surface area contributed by atoms with Crippen molar-refractivity contribution >= 4 is 21.7 Å². The van der Waals surface area contributed by atoms with E-state index in [1.54, 1.807) is 18.2 Å². The number of cyclic esters (lactones) is 1. The van der Waals surface area contributed by atoms with Gasteiger partial charge in [0.1, 0.15) is 6.61 Å². The molecule has 1 heterocycles. The van der Waals surface area contributed by atoms with Gasteiger partial charge in [0.05, 0.1) is 10.5 Å². The molecule has 1 aliphatic heterocycles. The summed E-state index contributed by atoms with van der Waals surface area (Å²) in [5.74, 6) is -0.310. The van der Waals surface area contributed by atoms with Gasteiger partial charge in [-0.1, -0.05) is 25.1 Å². The van der Waals surface area contributed by atoms with Crippen molar-refractivity contribution in [3.8, 4) is 0 Å². The van der Waals surface area contributed by atoms with Crippen molar-refractivity contribution in [3.63, 3.8) is 0 Å². The zero-order valence-electron chi connectivity index (χ0n) is 13.9. The second-order valence-corrected chi connectivity index (χ2v) is 7.55. The number of carbonyl (C=O) groups excluding carboxylic acids is 1. The molecule has 0 unspecified atom stereocenters. The summed E-state index contributed by atoms with van der Waals surface area (Å²) in [7, 11) is -3.77. The molecule has 2 aromatic rings. The minimum atomic E-state index is -3.77. The van der Waals surface area contributed by atoms with E-state index >= 15 is 0 Å². The maximum atomic E-state index is 11.8. The number of esters is 1. The van der Waals surface area contributed by atoms with Crippen LogP contribution in [-0.4, -0.2) is 20.9 Å². The van der Waals surface area contributed by atoms with E-state index in [0.29, 0.717) is 17.7 Å². The lowest BCUT2D eigenvalue weighted by molar-refractivity contribution is 0.0535. The number of fused-ring (bicyclic) bond motifs is 1. The number of nitrogens with one attached hydrogen (secondary N) is 1. The zero-order valence-corrected chi connectivity index (χ0v) is 14.7. The number of primary sulfonamides is 1. The number of carbonyl (C=O) groups is 1. The largest absolute Gasteiger partial charge is 0.457 e. The first kappa shape index (κ1) is 17.4. The molecular weight excluding hydrogens is 340 g/mol. The molecule has 1 atom stereocenters. The summed E-state index contributed by atoms with van der Waals surface area (Å²) < 4.78 is 28.6. The number of rotatable bonds is 6. The summed E-state index contributed by atoms with van der Waals surface area (Å²) in [4.78, 5) is 11.7. The van der Waals surface area contributed by atoms with Gasteiger partial charge in [0.15, 0.2) is 0 Å². The van der Waals surface area contributed by atoms with E-state index in [-0.39, 0.29) is 23.4 Å². The van der Waals surface area contributed by atoms with Gasteiger partial charge in [0.2, 0.25) is 10.0 Å². The Kier molecular flexibility index (Phi) is 4.78. The Bertz CT molecular complexity index is 909. The van der Waals surface area contributed by atoms with Gasteiger partial charge in [-0.15, -0.1) is 0 Å². The average molecular weight is 360 g/mol. The number of sulfonamides is 1. The van der Waals surface area contributed by atoms with Crippen LogP contribution in [0.25, 0.3) is 0 Å². The van der Waals surface area contributed by atoms with Gasteiger partial charge in [-0.05, 0) is 36.2 Å². The fourth-order valence-corrected chi connectivity index (χ4v) is 3.87. The molecule has 0 saturated heterocycles. The van der Waals surface area contributed by atoms with Crippen LogP contribution in [0.1, 0.15) is 40.7 Å². The third-order valence-electron chi connectivity index (χ3n) is 4.39. The predicted octanol–water partition coefficient (Wildman–Crippen LogP) is 2.61. The Morgan fingerprint density at radius 1 is 1.24 bits per heavy atom. The SMILES string of the molecule is CC[C@H](CNc1ccc2c(c1)COC2=O)c1ccccc1S(N)(=O)=O. The predicted molar refractivity (Wildman–Crippen MR) is 94.9 cm³/mol. The maximum absolute atomic E-state index is 11.8. The Morgan fingerprint density at radius 3 is 2.72 bits per heavy atom. The van der Waals surface area contributed by atoms with Crippen molar-refractivity contribution in [1.82, 2.24) is 0 Å². The highest BCUT2D eigenvalue weighted by Crippen LogP contribution is 2.28. The van der Waals surface area contributed by atoms with E-state index in [1.165, 1.54) is 6.07 Å². The Hall–Kier alpha value is -2.38. The molecule has 0 spiro atoms. The van der Waals surface area contributed by atoms with Crippen LogP contribution in [0.4, 0.5) is 5.69 Å². The first-order chi connectivity index (χ1) is 11.9. The molecule has 3 rings (SSSR count). The highest BCUT2D eigenvalue weighted by Gasteiger charge is 2.22. The number of nitrogens with two attached hydrogens (primary N) is 1. The summed E-state index contributed by atoms with van der Waals surface area (Å²) >= 11 is 0. The van der Waals surface area contributed by atoms with Gasteiger partial charge < -0.3 is 10.1 Å². The first-order valence-corrected chi connectivity index (χ1v) is 9.60. The molecule has 25 heavy (non-hydrogen) atoms. The fourth-order valence-electron chi connectivity index (χ4n) is 3.04. The van der Waals surface area contributed by atoms with E-state index in [1.807, 2.05) is 25.1 Å². The van der Waals surface area contributed by atoms with E-state index in [2.05, 4.69) is 5.32 Å². The zero-order chi connectivity index (χ0) is 18.0. The van der Waals surface area contributed by atoms with Crippen molar-refractivity contribution in [3.05, 3.63) is 59.2 Å². The maximum Gasteiger partial charge on any atom is 0.338 e. The molecule has 0 radical (unpaired) electrons. The van der Waals surface area contributed by atoms with Crippen LogP contribution in [0.3, 0.4) is 0 Å². The third kappa shape index (κ3) is 3.67. The topological polar surface area (TPSA) is 98.5 Å². The second-order valence-electron chi connectivity index (χ2n) is 6.02. The van der Waals surface area contributed by atoms with Gasteiger partial charge in [-0.2, -0.15) is 0 Å². The van der Waals surface area contributed by atoms with Gasteiger partial charge >= 0.3 is 5.97 Å². The molecule has 0 bridgehead atoms. The van der Waals surface area contributed by atoms with Crippen LogP contribution < -0.4 is 10.5 Å². The molecule has 7 heteroatoms. The number of hydrogen-bond acceptors (Lipinski definition) is 5.